The Morgan fingerprint density at radius 2 is 1.84 bits per heavy atom. The SMILES string of the molecule is COc1cccc2c1OCCC2C(=O)NC1C2CC3CC(C2)CC1C3. The molecule has 0 spiro atoms. The zero-order valence-corrected chi connectivity index (χ0v) is 14.9. The standard InChI is InChI=1S/C21H27NO3/c1-24-18-4-2-3-16-17(5-6-25-20(16)18)21(23)22-19-14-8-12-7-13(10-14)11-15(19)9-12/h2-4,12-15,17,19H,5-11H2,1H3,(H,22,23). The number of para-hydroxylation sites is 1. The normalized spacial score (nSPS) is 38.0. The van der Waals surface area contributed by atoms with Gasteiger partial charge in [0.1, 0.15) is 0 Å². The predicted octanol–water partition coefficient (Wildman–Crippen LogP) is 3.50. The number of benzene rings is 1. The minimum absolute atomic E-state index is 0.115. The molecule has 1 unspecified atom stereocenters. The molecule has 4 aliphatic carbocycles. The molecule has 0 aromatic heterocycles. The van der Waals surface area contributed by atoms with Crippen LogP contribution in [0.4, 0.5) is 0 Å². The van der Waals surface area contributed by atoms with E-state index < -0.39 is 0 Å². The minimum Gasteiger partial charge on any atom is -0.493 e. The van der Waals surface area contributed by atoms with E-state index in [9.17, 15) is 4.79 Å². The van der Waals surface area contributed by atoms with Crippen molar-refractivity contribution in [2.75, 3.05) is 13.7 Å². The molecule has 4 heteroatoms. The molecule has 4 fully saturated rings. The molecule has 1 amide bonds. The first-order chi connectivity index (χ1) is 12.2. The molecule has 25 heavy (non-hydrogen) atoms. The van der Waals surface area contributed by atoms with E-state index in [2.05, 4.69) is 5.32 Å². The third-order valence-corrected chi connectivity index (χ3v) is 7.11. The van der Waals surface area contributed by atoms with E-state index in [1.54, 1.807) is 7.11 Å². The summed E-state index contributed by atoms with van der Waals surface area (Å²) in [6.07, 6.45) is 7.51. The Kier molecular flexibility index (Phi) is 3.68. The molecule has 0 saturated heterocycles. The van der Waals surface area contributed by atoms with Gasteiger partial charge in [0.15, 0.2) is 11.5 Å². The zero-order chi connectivity index (χ0) is 17.0. The van der Waals surface area contributed by atoms with Crippen LogP contribution in [0.3, 0.4) is 0 Å². The molecular formula is C21H27NO3. The molecule has 1 N–H and O–H groups in total. The Hall–Kier alpha value is -1.71. The van der Waals surface area contributed by atoms with Crippen molar-refractivity contribution in [2.45, 2.75) is 50.5 Å². The zero-order valence-electron chi connectivity index (χ0n) is 14.9. The van der Waals surface area contributed by atoms with Gasteiger partial charge in [0.2, 0.25) is 5.91 Å². The molecular weight excluding hydrogens is 314 g/mol. The van der Waals surface area contributed by atoms with Crippen molar-refractivity contribution in [3.8, 4) is 11.5 Å². The Morgan fingerprint density at radius 3 is 2.52 bits per heavy atom. The van der Waals surface area contributed by atoms with E-state index in [1.807, 2.05) is 18.2 Å². The van der Waals surface area contributed by atoms with Crippen molar-refractivity contribution in [1.29, 1.82) is 0 Å². The predicted molar refractivity (Wildman–Crippen MR) is 94.8 cm³/mol. The van der Waals surface area contributed by atoms with Gasteiger partial charge in [-0.2, -0.15) is 0 Å². The average Bonchev–Trinajstić information content (AvgIpc) is 2.63. The number of methoxy groups -OCH3 is 1. The Balaban J connectivity index is 1.36. The average molecular weight is 341 g/mol. The second-order valence-corrected chi connectivity index (χ2v) is 8.53. The summed E-state index contributed by atoms with van der Waals surface area (Å²) in [7, 11) is 1.65. The highest BCUT2D eigenvalue weighted by Gasteiger charge is 2.49. The van der Waals surface area contributed by atoms with E-state index in [0.29, 0.717) is 24.5 Å². The van der Waals surface area contributed by atoms with E-state index in [-0.39, 0.29) is 11.8 Å². The fourth-order valence-electron chi connectivity index (χ4n) is 6.25. The van der Waals surface area contributed by atoms with E-state index in [1.165, 1.54) is 32.1 Å². The van der Waals surface area contributed by atoms with Crippen LogP contribution in [-0.4, -0.2) is 25.7 Å². The van der Waals surface area contributed by atoms with Crippen LogP contribution in [0.25, 0.3) is 0 Å². The molecule has 6 rings (SSSR count). The van der Waals surface area contributed by atoms with Gasteiger partial charge in [-0.05, 0) is 68.3 Å². The second-order valence-electron chi connectivity index (χ2n) is 8.53. The fraction of sp³-hybridized carbons (Fsp3) is 0.667. The molecule has 1 atom stereocenters. The molecule has 1 aliphatic heterocycles. The summed E-state index contributed by atoms with van der Waals surface area (Å²) in [5.74, 6) is 4.85. The van der Waals surface area contributed by atoms with Crippen LogP contribution < -0.4 is 14.8 Å². The number of nitrogens with one attached hydrogen (secondary N) is 1. The lowest BCUT2D eigenvalue weighted by Crippen LogP contribution is -2.56. The van der Waals surface area contributed by atoms with Gasteiger partial charge < -0.3 is 14.8 Å². The van der Waals surface area contributed by atoms with E-state index in [0.717, 1.165) is 35.3 Å². The summed E-state index contributed by atoms with van der Waals surface area (Å²) in [6, 6.07) is 6.27. The van der Waals surface area contributed by atoms with Crippen molar-refractivity contribution in [3.05, 3.63) is 23.8 Å². The lowest BCUT2D eigenvalue weighted by Gasteiger charge is -2.54. The molecule has 4 bridgehead atoms. The number of hydrogen-bond acceptors (Lipinski definition) is 3. The van der Waals surface area contributed by atoms with Crippen LogP contribution in [0.15, 0.2) is 18.2 Å². The number of carbonyl (C=O) groups excluding carboxylic acids is 1. The highest BCUT2D eigenvalue weighted by Crippen LogP contribution is 2.54. The Bertz CT molecular complexity index is 658. The summed E-state index contributed by atoms with van der Waals surface area (Å²) in [4.78, 5) is 13.1. The fourth-order valence-corrected chi connectivity index (χ4v) is 6.25. The summed E-state index contributed by atoms with van der Waals surface area (Å²) >= 11 is 0. The van der Waals surface area contributed by atoms with Gasteiger partial charge in [0, 0.05) is 11.6 Å². The highest BCUT2D eigenvalue weighted by molar-refractivity contribution is 5.85. The van der Waals surface area contributed by atoms with Gasteiger partial charge in [0.25, 0.3) is 0 Å². The van der Waals surface area contributed by atoms with Gasteiger partial charge in [0.05, 0.1) is 19.6 Å². The summed E-state index contributed by atoms with van der Waals surface area (Å²) in [6.45, 7) is 0.577. The number of fused-ring (bicyclic) bond motifs is 1. The van der Waals surface area contributed by atoms with Crippen LogP contribution in [0.5, 0.6) is 11.5 Å². The quantitative estimate of drug-likeness (QED) is 0.915. The first-order valence-corrected chi connectivity index (χ1v) is 9.83. The Morgan fingerprint density at radius 1 is 1.12 bits per heavy atom. The molecule has 1 heterocycles. The van der Waals surface area contributed by atoms with E-state index in [4.69, 9.17) is 9.47 Å². The summed E-state index contributed by atoms with van der Waals surface area (Å²) in [5.41, 5.74) is 0.979. The van der Waals surface area contributed by atoms with E-state index >= 15 is 0 Å². The molecule has 134 valence electrons. The number of hydrogen-bond donors (Lipinski definition) is 1. The lowest BCUT2D eigenvalue weighted by atomic mass is 9.54. The monoisotopic (exact) mass is 341 g/mol. The van der Waals surface area contributed by atoms with Gasteiger partial charge in [-0.1, -0.05) is 12.1 Å². The maximum Gasteiger partial charge on any atom is 0.228 e. The lowest BCUT2D eigenvalue weighted by molar-refractivity contribution is -0.127. The molecule has 5 aliphatic rings. The van der Waals surface area contributed by atoms with Gasteiger partial charge >= 0.3 is 0 Å². The first-order valence-electron chi connectivity index (χ1n) is 9.83. The maximum atomic E-state index is 13.1. The highest BCUT2D eigenvalue weighted by atomic mass is 16.5. The third-order valence-electron chi connectivity index (χ3n) is 7.11. The molecule has 0 radical (unpaired) electrons. The summed E-state index contributed by atoms with van der Waals surface area (Å²) in [5, 5.41) is 3.47. The van der Waals surface area contributed by atoms with Gasteiger partial charge in [-0.25, -0.2) is 0 Å². The van der Waals surface area contributed by atoms with Crippen molar-refractivity contribution >= 4 is 5.91 Å². The Labute approximate surface area is 149 Å². The molecule has 1 aromatic carbocycles. The topological polar surface area (TPSA) is 47.6 Å². The van der Waals surface area contributed by atoms with Crippen molar-refractivity contribution in [1.82, 2.24) is 5.32 Å². The van der Waals surface area contributed by atoms with Crippen molar-refractivity contribution in [2.24, 2.45) is 23.7 Å². The van der Waals surface area contributed by atoms with Crippen LogP contribution >= 0.6 is 0 Å². The summed E-state index contributed by atoms with van der Waals surface area (Å²) < 4.78 is 11.2. The molecule has 4 saturated carbocycles. The van der Waals surface area contributed by atoms with Crippen molar-refractivity contribution < 1.29 is 14.3 Å². The van der Waals surface area contributed by atoms with Gasteiger partial charge in [-0.15, -0.1) is 0 Å². The number of amides is 1. The first kappa shape index (κ1) is 15.5. The number of carbonyl (C=O) groups is 1. The maximum absolute atomic E-state index is 13.1. The third kappa shape index (κ3) is 2.52. The molecule has 4 nitrogen and oxygen atoms in total. The van der Waals surface area contributed by atoms with Crippen LogP contribution in [0, 0.1) is 23.7 Å². The van der Waals surface area contributed by atoms with Crippen molar-refractivity contribution in [3.63, 3.8) is 0 Å². The van der Waals surface area contributed by atoms with Gasteiger partial charge in [-0.3, -0.25) is 4.79 Å². The largest absolute Gasteiger partial charge is 0.493 e. The second kappa shape index (κ2) is 5.93. The van der Waals surface area contributed by atoms with Crippen LogP contribution in [-0.2, 0) is 4.79 Å². The van der Waals surface area contributed by atoms with Crippen LogP contribution in [0.1, 0.15) is 50.0 Å². The number of ether oxygens (including phenoxy) is 2. The smallest absolute Gasteiger partial charge is 0.228 e. The number of rotatable bonds is 3. The van der Waals surface area contributed by atoms with Crippen LogP contribution in [0.2, 0.25) is 0 Å². The minimum atomic E-state index is -0.115. The molecule has 1 aromatic rings.